The summed E-state index contributed by atoms with van der Waals surface area (Å²) in [7, 11) is -3.63. The minimum absolute atomic E-state index is 0.162. The van der Waals surface area contributed by atoms with Crippen molar-refractivity contribution in [1.82, 2.24) is 0 Å². The number of hydrogen-bond acceptors (Lipinski definition) is 5. The van der Waals surface area contributed by atoms with Crippen LogP contribution in [0.15, 0.2) is 55.1 Å². The van der Waals surface area contributed by atoms with Crippen LogP contribution in [-0.4, -0.2) is 39.8 Å². The molecule has 1 aliphatic rings. The molecule has 0 saturated heterocycles. The Kier molecular flexibility index (Phi) is 5.81. The molecule has 1 atom stereocenters. The van der Waals surface area contributed by atoms with Gasteiger partial charge in [0.25, 0.3) is 5.91 Å². The maximum Gasteiger partial charge on any atom is 0.267 e. The number of ether oxygens (including phenoxy) is 2. The second kappa shape index (κ2) is 8.12. The Morgan fingerprint density at radius 1 is 1.39 bits per heavy atom. The third-order valence-corrected chi connectivity index (χ3v) is 5.33. The van der Waals surface area contributed by atoms with Crippen LogP contribution in [0.4, 0.5) is 11.4 Å². The summed E-state index contributed by atoms with van der Waals surface area (Å²) >= 11 is 5.97. The molecule has 7 nitrogen and oxygen atoms in total. The van der Waals surface area contributed by atoms with Gasteiger partial charge in [0, 0.05) is 16.8 Å². The number of nitrogens with zero attached hydrogens (tertiary/aromatic N) is 1. The molecule has 9 heteroatoms. The van der Waals surface area contributed by atoms with Crippen molar-refractivity contribution in [3.63, 3.8) is 0 Å². The molecule has 0 bridgehead atoms. The number of carbonyl (C=O) groups excluding carboxylic acids is 1. The van der Waals surface area contributed by atoms with Gasteiger partial charge in [-0.1, -0.05) is 30.3 Å². The van der Waals surface area contributed by atoms with Gasteiger partial charge in [-0.15, -0.1) is 0 Å². The van der Waals surface area contributed by atoms with Crippen LogP contribution >= 0.6 is 11.6 Å². The number of carbonyl (C=O) groups is 1. The summed E-state index contributed by atoms with van der Waals surface area (Å²) in [6.07, 6.45) is 1.66. The molecule has 1 amide bonds. The Hall–Kier alpha value is -2.71. The number of rotatable bonds is 6. The van der Waals surface area contributed by atoms with Gasteiger partial charge in [0.05, 0.1) is 18.5 Å². The van der Waals surface area contributed by atoms with E-state index in [1.165, 1.54) is 6.07 Å². The molecule has 0 unspecified atom stereocenters. The molecule has 1 aliphatic heterocycles. The molecule has 3 rings (SSSR count). The Bertz CT molecular complexity index is 1010. The number of fused-ring (bicyclic) bond motifs is 1. The lowest BCUT2D eigenvalue weighted by Crippen LogP contribution is -2.48. The Morgan fingerprint density at radius 2 is 2.18 bits per heavy atom. The maximum atomic E-state index is 12.7. The van der Waals surface area contributed by atoms with Crippen LogP contribution in [0.3, 0.4) is 0 Å². The Morgan fingerprint density at radius 3 is 2.89 bits per heavy atom. The number of hydrogen-bond donors (Lipinski definition) is 1. The van der Waals surface area contributed by atoms with Crippen LogP contribution in [-0.2, 0) is 14.8 Å². The SMILES string of the molecule is C=CCOc1cccc(NC(=O)[C@H]2CN(S(C)(=O)=O)c3cc(Cl)ccc3O2)c1. The molecule has 0 fully saturated rings. The van der Waals surface area contributed by atoms with E-state index in [4.69, 9.17) is 21.1 Å². The molecule has 1 N–H and O–H groups in total. The quantitative estimate of drug-likeness (QED) is 0.723. The fraction of sp³-hybridized carbons (Fsp3) is 0.211. The van der Waals surface area contributed by atoms with Crippen LogP contribution in [0.25, 0.3) is 0 Å². The zero-order valence-electron chi connectivity index (χ0n) is 15.1. The average Bonchev–Trinajstić information content (AvgIpc) is 2.65. The number of halogens is 1. The largest absolute Gasteiger partial charge is 0.489 e. The highest BCUT2D eigenvalue weighted by Gasteiger charge is 2.35. The number of anilines is 2. The van der Waals surface area contributed by atoms with Gasteiger partial charge in [0.2, 0.25) is 10.0 Å². The number of sulfonamides is 1. The van der Waals surface area contributed by atoms with Crippen molar-refractivity contribution in [2.45, 2.75) is 6.10 Å². The predicted octanol–water partition coefficient (Wildman–Crippen LogP) is 3.07. The van der Waals surface area contributed by atoms with E-state index < -0.39 is 22.0 Å². The monoisotopic (exact) mass is 422 g/mol. The van der Waals surface area contributed by atoms with Crippen LogP contribution in [0, 0.1) is 0 Å². The predicted molar refractivity (Wildman–Crippen MR) is 109 cm³/mol. The molecular formula is C19H19ClN2O5S. The van der Waals surface area contributed by atoms with Crippen LogP contribution < -0.4 is 19.1 Å². The molecule has 2 aromatic carbocycles. The van der Waals surface area contributed by atoms with Crippen LogP contribution in [0.5, 0.6) is 11.5 Å². The van der Waals surface area contributed by atoms with Crippen molar-refractivity contribution >= 4 is 38.9 Å². The van der Waals surface area contributed by atoms with E-state index in [-0.39, 0.29) is 12.3 Å². The Balaban J connectivity index is 1.81. The lowest BCUT2D eigenvalue weighted by Gasteiger charge is -2.34. The third kappa shape index (κ3) is 4.58. The minimum Gasteiger partial charge on any atom is -0.489 e. The van der Waals surface area contributed by atoms with Gasteiger partial charge in [-0.3, -0.25) is 9.10 Å². The zero-order valence-corrected chi connectivity index (χ0v) is 16.7. The lowest BCUT2D eigenvalue weighted by atomic mass is 10.2. The van der Waals surface area contributed by atoms with Crippen molar-refractivity contribution in [3.8, 4) is 11.5 Å². The molecule has 28 heavy (non-hydrogen) atoms. The molecule has 0 aliphatic carbocycles. The second-order valence-electron chi connectivity index (χ2n) is 6.13. The average molecular weight is 423 g/mol. The van der Waals surface area contributed by atoms with E-state index in [9.17, 15) is 13.2 Å². The first-order chi connectivity index (χ1) is 13.3. The van der Waals surface area contributed by atoms with Gasteiger partial charge in [-0.25, -0.2) is 8.42 Å². The second-order valence-corrected chi connectivity index (χ2v) is 8.47. The molecule has 0 radical (unpaired) electrons. The van der Waals surface area contributed by atoms with Crippen molar-refractivity contribution in [3.05, 3.63) is 60.1 Å². The first-order valence-electron chi connectivity index (χ1n) is 8.36. The highest BCUT2D eigenvalue weighted by Crippen LogP contribution is 2.37. The molecular weight excluding hydrogens is 404 g/mol. The van der Waals surface area contributed by atoms with Crippen LogP contribution in [0.1, 0.15) is 0 Å². The van der Waals surface area contributed by atoms with Gasteiger partial charge in [-0.2, -0.15) is 0 Å². The third-order valence-electron chi connectivity index (χ3n) is 3.95. The fourth-order valence-electron chi connectivity index (χ4n) is 2.72. The first kappa shape index (κ1) is 20.0. The maximum absolute atomic E-state index is 12.7. The molecule has 148 valence electrons. The van der Waals surface area contributed by atoms with Gasteiger partial charge < -0.3 is 14.8 Å². The molecule has 1 heterocycles. The van der Waals surface area contributed by atoms with Crippen LogP contribution in [0.2, 0.25) is 5.02 Å². The van der Waals surface area contributed by atoms with Gasteiger partial charge in [0.1, 0.15) is 18.1 Å². The number of nitrogens with one attached hydrogen (secondary N) is 1. The number of amides is 1. The summed E-state index contributed by atoms with van der Waals surface area (Å²) in [5.74, 6) is 0.361. The topological polar surface area (TPSA) is 84.9 Å². The highest BCUT2D eigenvalue weighted by atomic mass is 35.5. The van der Waals surface area contributed by atoms with E-state index in [2.05, 4.69) is 11.9 Å². The standard InChI is InChI=1S/C19H19ClN2O5S/c1-3-9-26-15-6-4-5-14(11-15)21-19(23)18-12-22(28(2,24)25)16-10-13(20)7-8-17(16)27-18/h3-8,10-11,18H,1,9,12H2,2H3,(H,21,23)/t18-/m1/s1. The smallest absolute Gasteiger partial charge is 0.267 e. The lowest BCUT2D eigenvalue weighted by molar-refractivity contribution is -0.122. The van der Waals surface area contributed by atoms with E-state index in [1.807, 2.05) is 0 Å². The first-order valence-corrected chi connectivity index (χ1v) is 10.6. The minimum atomic E-state index is -3.63. The summed E-state index contributed by atoms with van der Waals surface area (Å²) < 4.78 is 36.7. The fourth-order valence-corrected chi connectivity index (χ4v) is 3.79. The molecule has 0 aromatic heterocycles. The highest BCUT2D eigenvalue weighted by molar-refractivity contribution is 7.92. The van der Waals surface area contributed by atoms with E-state index in [0.29, 0.717) is 28.8 Å². The number of benzene rings is 2. The van der Waals surface area contributed by atoms with Crippen molar-refractivity contribution < 1.29 is 22.7 Å². The zero-order chi connectivity index (χ0) is 20.3. The summed E-state index contributed by atoms with van der Waals surface area (Å²) in [6.45, 7) is 3.76. The summed E-state index contributed by atoms with van der Waals surface area (Å²) in [5, 5.41) is 3.10. The summed E-state index contributed by atoms with van der Waals surface area (Å²) in [6, 6.07) is 11.4. The van der Waals surface area contributed by atoms with Gasteiger partial charge >= 0.3 is 0 Å². The van der Waals surface area contributed by atoms with E-state index in [1.54, 1.807) is 42.5 Å². The van der Waals surface area contributed by atoms with Crippen molar-refractivity contribution in [2.24, 2.45) is 0 Å². The molecule has 0 spiro atoms. The molecule has 0 saturated carbocycles. The molecule has 2 aromatic rings. The van der Waals surface area contributed by atoms with Crippen molar-refractivity contribution in [2.75, 3.05) is 29.0 Å². The van der Waals surface area contributed by atoms with Crippen molar-refractivity contribution in [1.29, 1.82) is 0 Å². The van der Waals surface area contributed by atoms with E-state index >= 15 is 0 Å². The van der Waals surface area contributed by atoms with Gasteiger partial charge in [0.15, 0.2) is 6.10 Å². The van der Waals surface area contributed by atoms with E-state index in [0.717, 1.165) is 10.6 Å². The Labute approximate surface area is 168 Å². The summed E-state index contributed by atoms with van der Waals surface area (Å²) in [5.41, 5.74) is 0.807. The summed E-state index contributed by atoms with van der Waals surface area (Å²) in [4.78, 5) is 12.7. The normalized spacial score (nSPS) is 15.9. The van der Waals surface area contributed by atoms with Gasteiger partial charge in [-0.05, 0) is 30.3 Å².